The summed E-state index contributed by atoms with van der Waals surface area (Å²) in [6.07, 6.45) is -9.10. The monoisotopic (exact) mass is 1230 g/mol. The highest BCUT2D eigenvalue weighted by Gasteiger charge is 2.32. The third kappa shape index (κ3) is 12.5. The molecule has 458 valence electrons. The molecule has 0 saturated carbocycles. The van der Waals surface area contributed by atoms with Crippen LogP contribution in [0.15, 0.2) is 310 Å². The zero-order valence-corrected chi connectivity index (χ0v) is 51.6. The molecule has 0 amide bonds. The van der Waals surface area contributed by atoms with Crippen LogP contribution in [-0.2, 0) is 17.8 Å². The van der Waals surface area contributed by atoms with Gasteiger partial charge in [-0.1, -0.05) is 166 Å². The molecule has 0 aliphatic heterocycles. The van der Waals surface area contributed by atoms with Gasteiger partial charge < -0.3 is 19.6 Å². The van der Waals surface area contributed by atoms with Crippen LogP contribution in [0, 0.1) is 0 Å². The fourth-order valence-electron chi connectivity index (χ4n) is 12.4. The van der Waals surface area contributed by atoms with E-state index in [2.05, 4.69) is 171 Å². The molecule has 0 bridgehead atoms. The smallest absolute Gasteiger partial charge is 0.311 e. The Morgan fingerprint density at radius 3 is 0.774 bits per heavy atom. The van der Waals surface area contributed by atoms with Gasteiger partial charge in [-0.15, -0.1) is 0 Å². The molecule has 0 spiro atoms. The lowest BCUT2D eigenvalue weighted by Crippen LogP contribution is -2.13. The van der Waals surface area contributed by atoms with Gasteiger partial charge in [-0.2, -0.15) is 26.3 Å². The van der Waals surface area contributed by atoms with Gasteiger partial charge in [-0.25, -0.2) is 0 Å². The second kappa shape index (κ2) is 24.9. The van der Waals surface area contributed by atoms with Crippen LogP contribution in [0.3, 0.4) is 0 Å². The van der Waals surface area contributed by atoms with E-state index < -0.39 is 23.5 Å². The summed E-state index contributed by atoms with van der Waals surface area (Å²) >= 11 is 0. The van der Waals surface area contributed by atoms with Crippen LogP contribution >= 0.6 is 0 Å². The van der Waals surface area contributed by atoms with Gasteiger partial charge in [0.1, 0.15) is 0 Å². The zero-order valence-electron chi connectivity index (χ0n) is 51.6. The molecule has 0 aromatic heterocycles. The number of hydrogen-bond donors (Lipinski definition) is 0. The number of rotatable bonds is 15. The molecule has 13 aromatic carbocycles. The van der Waals surface area contributed by atoms with E-state index in [1.165, 1.54) is 24.3 Å². The lowest BCUT2D eigenvalue weighted by Gasteiger charge is -2.29. The highest BCUT2D eigenvalue weighted by atomic mass is 19.4. The Labute approximate surface area is 538 Å². The number of para-hydroxylation sites is 4. The van der Waals surface area contributed by atoms with Crippen molar-refractivity contribution < 1.29 is 26.3 Å². The van der Waals surface area contributed by atoms with Crippen LogP contribution < -0.4 is 19.6 Å². The summed E-state index contributed by atoms with van der Waals surface area (Å²) in [4.78, 5) is 8.39. The van der Waals surface area contributed by atoms with E-state index in [0.717, 1.165) is 125 Å². The maximum absolute atomic E-state index is 14.3. The number of nitrogens with zero attached hydrogens (tertiary/aromatic N) is 4. The van der Waals surface area contributed by atoms with Crippen LogP contribution in [0.5, 0.6) is 0 Å². The Balaban J connectivity index is 1.10. The highest BCUT2D eigenvalue weighted by molar-refractivity contribution is 6.23. The number of fused-ring (bicyclic) bond motifs is 2. The van der Waals surface area contributed by atoms with Gasteiger partial charge in [-0.05, 0) is 237 Å². The normalized spacial score (nSPS) is 11.8. The largest absolute Gasteiger partial charge is 0.416 e. The standard InChI is InChI=1S/C83H64F6N4/c1-56(2)57-26-38-69(39-27-57)92(71-46-34-61(35-47-71)82(84,85)86)73-50-52-75-77(54-73)79(58-28-40-67(41-29-58)90(63-18-10-6-11-19-63)64-20-12-7-13-21-64)76-53-51-74(93(70-44-32-60(33-45-70)81(3,4)5)72-48-36-62(37-49-72)83(87,88)89)55-78(76)80(75)59-30-42-68(43-31-59)91(65-22-14-8-15-23-65)66-24-16-9-17-25-66/h6-55H,1H2,2-5H3. The second-order valence-corrected chi connectivity index (χ2v) is 24.2. The Bertz CT molecular complexity index is 4630. The van der Waals surface area contributed by atoms with Gasteiger partial charge in [0.05, 0.1) is 11.1 Å². The SMILES string of the molecule is C=C(C)c1ccc(N(c2ccc(C(F)(F)F)cc2)c2ccc3c(-c4ccc(N(c5ccccc5)c5ccccc5)cc4)c4cc(N(c5ccc(C(C)(C)C)cc5)c5ccc(C(F)(F)F)cc5)ccc4c(-c4ccc(N(c5ccccc5)c5ccccc5)cc4)c3c2)cc1. The third-order valence-electron chi connectivity index (χ3n) is 17.0. The van der Waals surface area contributed by atoms with Gasteiger partial charge in [0, 0.05) is 68.2 Å². The van der Waals surface area contributed by atoms with Gasteiger partial charge in [0.15, 0.2) is 0 Å². The molecule has 0 aliphatic carbocycles. The van der Waals surface area contributed by atoms with E-state index in [4.69, 9.17) is 0 Å². The van der Waals surface area contributed by atoms with Crippen LogP contribution in [0.1, 0.15) is 49.9 Å². The number of halogens is 6. The van der Waals surface area contributed by atoms with Crippen molar-refractivity contribution in [3.05, 3.63) is 332 Å². The fourth-order valence-corrected chi connectivity index (χ4v) is 12.4. The van der Waals surface area contributed by atoms with Crippen LogP contribution in [0.25, 0.3) is 49.4 Å². The van der Waals surface area contributed by atoms with E-state index in [0.29, 0.717) is 28.4 Å². The minimum Gasteiger partial charge on any atom is -0.311 e. The third-order valence-corrected chi connectivity index (χ3v) is 17.0. The van der Waals surface area contributed by atoms with Gasteiger partial charge in [0.25, 0.3) is 0 Å². The van der Waals surface area contributed by atoms with Crippen molar-refractivity contribution >= 4 is 95.4 Å². The molecule has 13 rings (SSSR count). The second-order valence-electron chi connectivity index (χ2n) is 24.2. The van der Waals surface area contributed by atoms with E-state index in [1.807, 2.05) is 138 Å². The average molecular weight is 1230 g/mol. The number of anilines is 12. The molecular formula is C83H64F6N4. The first-order chi connectivity index (χ1) is 44.9. The predicted octanol–water partition coefficient (Wildman–Crippen LogP) is 25.6. The summed E-state index contributed by atoms with van der Waals surface area (Å²) < 4.78 is 86.0. The maximum atomic E-state index is 14.3. The van der Waals surface area contributed by atoms with Crippen LogP contribution in [0.4, 0.5) is 94.6 Å². The molecule has 0 saturated heterocycles. The maximum Gasteiger partial charge on any atom is 0.416 e. The molecule has 13 aromatic rings. The Hall–Kier alpha value is -11.1. The Morgan fingerprint density at radius 1 is 0.269 bits per heavy atom. The minimum atomic E-state index is -4.55. The Kier molecular flexibility index (Phi) is 16.3. The molecule has 0 radical (unpaired) electrons. The molecule has 10 heteroatoms. The van der Waals surface area contributed by atoms with Gasteiger partial charge >= 0.3 is 12.4 Å². The van der Waals surface area contributed by atoms with E-state index >= 15 is 0 Å². The van der Waals surface area contributed by atoms with Crippen molar-refractivity contribution in [2.75, 3.05) is 19.6 Å². The predicted molar refractivity (Wildman–Crippen MR) is 374 cm³/mol. The minimum absolute atomic E-state index is 0.175. The van der Waals surface area contributed by atoms with E-state index in [-0.39, 0.29) is 5.41 Å². The van der Waals surface area contributed by atoms with Crippen molar-refractivity contribution in [2.45, 2.75) is 45.5 Å². The van der Waals surface area contributed by atoms with Crippen LogP contribution in [-0.4, -0.2) is 0 Å². The van der Waals surface area contributed by atoms with Crippen molar-refractivity contribution in [1.29, 1.82) is 0 Å². The van der Waals surface area contributed by atoms with Crippen LogP contribution in [0.2, 0.25) is 0 Å². The van der Waals surface area contributed by atoms with Crippen molar-refractivity contribution in [3.8, 4) is 22.3 Å². The van der Waals surface area contributed by atoms with E-state index in [9.17, 15) is 26.3 Å². The van der Waals surface area contributed by atoms with Crippen molar-refractivity contribution in [2.24, 2.45) is 0 Å². The first-order valence-corrected chi connectivity index (χ1v) is 30.7. The average Bonchev–Trinajstić information content (AvgIpc) is 0.726. The summed E-state index contributed by atoms with van der Waals surface area (Å²) in [5.74, 6) is 0. The molecule has 0 unspecified atom stereocenters. The number of benzene rings is 13. The quantitative estimate of drug-likeness (QED) is 0.0749. The highest BCUT2D eigenvalue weighted by Crippen LogP contribution is 2.50. The molecule has 0 fully saturated rings. The van der Waals surface area contributed by atoms with Crippen molar-refractivity contribution in [1.82, 2.24) is 0 Å². The first-order valence-electron chi connectivity index (χ1n) is 30.7. The lowest BCUT2D eigenvalue weighted by atomic mass is 9.85. The summed E-state index contributed by atoms with van der Waals surface area (Å²) in [5, 5.41) is 3.45. The summed E-state index contributed by atoms with van der Waals surface area (Å²) in [7, 11) is 0. The number of alkyl halides is 6. The number of hydrogen-bond acceptors (Lipinski definition) is 4. The number of allylic oxidation sites excluding steroid dienone is 1. The molecule has 93 heavy (non-hydrogen) atoms. The zero-order chi connectivity index (χ0) is 64.6. The van der Waals surface area contributed by atoms with E-state index in [1.54, 1.807) is 0 Å². The van der Waals surface area contributed by atoms with Gasteiger partial charge in [-0.3, -0.25) is 0 Å². The molecular weight excluding hydrogens is 1170 g/mol. The molecule has 0 aliphatic rings. The Morgan fingerprint density at radius 2 is 0.505 bits per heavy atom. The fraction of sp³-hybridized carbons (Fsp3) is 0.0843. The molecule has 0 N–H and O–H groups in total. The lowest BCUT2D eigenvalue weighted by molar-refractivity contribution is -0.138. The first kappa shape index (κ1) is 60.8. The molecule has 0 atom stereocenters. The summed E-state index contributed by atoms with van der Waals surface area (Å²) in [6, 6.07) is 96.8. The topological polar surface area (TPSA) is 13.0 Å². The van der Waals surface area contributed by atoms with Crippen molar-refractivity contribution in [3.63, 3.8) is 0 Å². The summed E-state index contributed by atoms with van der Waals surface area (Å²) in [6.45, 7) is 12.5. The molecule has 4 nitrogen and oxygen atoms in total. The summed E-state index contributed by atoms with van der Waals surface area (Å²) in [5.41, 5.74) is 14.3. The molecule has 0 heterocycles. The van der Waals surface area contributed by atoms with Gasteiger partial charge in [0.2, 0.25) is 0 Å².